The zero-order valence-electron chi connectivity index (χ0n) is 25.0. The van der Waals surface area contributed by atoms with Crippen molar-refractivity contribution < 1.29 is 28.2 Å². The van der Waals surface area contributed by atoms with Crippen molar-refractivity contribution in [2.24, 2.45) is 0 Å². The van der Waals surface area contributed by atoms with Crippen LogP contribution in [0, 0.1) is 6.92 Å². The summed E-state index contributed by atoms with van der Waals surface area (Å²) in [5.74, 6) is 1.16. The van der Waals surface area contributed by atoms with Gasteiger partial charge in [-0.2, -0.15) is 9.97 Å². The Morgan fingerprint density at radius 2 is 1.83 bits per heavy atom. The standard InChI is InChI=1S/C29H40N6O6Si/c1-19-7-9-21-23(30-12-18-42(21,4)5)25(19)41-22-10-8-20(40-22)26(36)32-24-27(37-2)33-29(34-28(24)38-3)31-11-6-13-35-14-16-39-17-15-35/h7-10,30H,6,11-18H2,1-5H3,(H,32,36)(H,31,33,34). The van der Waals surface area contributed by atoms with Gasteiger partial charge < -0.3 is 39.3 Å². The molecule has 3 aromatic rings. The van der Waals surface area contributed by atoms with E-state index in [1.54, 1.807) is 12.1 Å². The van der Waals surface area contributed by atoms with E-state index < -0.39 is 14.0 Å². The molecule has 0 radical (unpaired) electrons. The highest BCUT2D eigenvalue weighted by molar-refractivity contribution is 6.91. The Labute approximate surface area is 247 Å². The molecule has 4 heterocycles. The summed E-state index contributed by atoms with van der Waals surface area (Å²) in [5, 5.41) is 10.8. The van der Waals surface area contributed by atoms with Gasteiger partial charge >= 0.3 is 0 Å². The van der Waals surface area contributed by atoms with Crippen molar-refractivity contribution in [1.82, 2.24) is 14.9 Å². The molecular formula is C29H40N6O6Si. The van der Waals surface area contributed by atoms with Crippen molar-refractivity contribution in [3.8, 4) is 23.5 Å². The summed E-state index contributed by atoms with van der Waals surface area (Å²) < 4.78 is 28.3. The van der Waals surface area contributed by atoms with Crippen molar-refractivity contribution in [3.05, 3.63) is 35.6 Å². The fourth-order valence-corrected chi connectivity index (χ4v) is 7.63. The molecule has 226 valence electrons. The first-order chi connectivity index (χ1) is 20.3. The van der Waals surface area contributed by atoms with Gasteiger partial charge in [0.2, 0.25) is 17.7 Å². The summed E-state index contributed by atoms with van der Waals surface area (Å²) in [7, 11) is 1.38. The lowest BCUT2D eigenvalue weighted by molar-refractivity contribution is 0.0378. The lowest BCUT2D eigenvalue weighted by Gasteiger charge is -2.33. The zero-order chi connectivity index (χ0) is 29.7. The van der Waals surface area contributed by atoms with Gasteiger partial charge in [0, 0.05) is 32.2 Å². The number of nitrogens with zero attached hydrogens (tertiary/aromatic N) is 3. The van der Waals surface area contributed by atoms with Gasteiger partial charge in [0.15, 0.2) is 17.2 Å². The van der Waals surface area contributed by atoms with Crippen LogP contribution in [0.1, 0.15) is 22.5 Å². The predicted molar refractivity (Wildman–Crippen MR) is 164 cm³/mol. The molecular weight excluding hydrogens is 556 g/mol. The number of hydrogen-bond donors (Lipinski definition) is 3. The molecule has 1 aromatic carbocycles. The monoisotopic (exact) mass is 596 g/mol. The third kappa shape index (κ3) is 6.63. The summed E-state index contributed by atoms with van der Waals surface area (Å²) >= 11 is 0. The molecule has 0 bridgehead atoms. The molecule has 12 nitrogen and oxygen atoms in total. The zero-order valence-corrected chi connectivity index (χ0v) is 26.0. The molecule has 5 rings (SSSR count). The largest absolute Gasteiger partial charge is 0.479 e. The summed E-state index contributed by atoms with van der Waals surface area (Å²) in [5.41, 5.74) is 2.20. The Bertz CT molecular complexity index is 1380. The number of anilines is 3. The maximum Gasteiger partial charge on any atom is 0.291 e. The number of carbonyl (C=O) groups is 1. The second kappa shape index (κ2) is 13.0. The molecule has 2 aliphatic rings. The number of fused-ring (bicyclic) bond motifs is 1. The van der Waals surface area contributed by atoms with E-state index in [9.17, 15) is 4.79 Å². The van der Waals surface area contributed by atoms with Gasteiger partial charge in [-0.15, -0.1) is 0 Å². The van der Waals surface area contributed by atoms with E-state index in [2.05, 4.69) is 56.0 Å². The van der Waals surface area contributed by atoms with Crippen molar-refractivity contribution in [1.29, 1.82) is 0 Å². The van der Waals surface area contributed by atoms with E-state index in [0.717, 1.165) is 68.9 Å². The molecule has 0 spiro atoms. The Hall–Kier alpha value is -3.81. The normalized spacial score (nSPS) is 16.2. The van der Waals surface area contributed by atoms with E-state index in [0.29, 0.717) is 12.5 Å². The smallest absolute Gasteiger partial charge is 0.291 e. The fraction of sp³-hybridized carbons (Fsp3) is 0.483. The predicted octanol–water partition coefficient (Wildman–Crippen LogP) is 3.91. The van der Waals surface area contributed by atoms with Crippen LogP contribution in [-0.2, 0) is 4.74 Å². The first kappa shape index (κ1) is 29.7. The van der Waals surface area contributed by atoms with Crippen LogP contribution < -0.4 is 35.3 Å². The van der Waals surface area contributed by atoms with Crippen LogP contribution in [0.3, 0.4) is 0 Å². The van der Waals surface area contributed by atoms with Gasteiger partial charge in [0.1, 0.15) is 0 Å². The maximum absolute atomic E-state index is 13.2. The molecule has 1 amide bonds. The lowest BCUT2D eigenvalue weighted by Crippen LogP contribution is -2.47. The molecule has 42 heavy (non-hydrogen) atoms. The van der Waals surface area contributed by atoms with Gasteiger partial charge in [-0.3, -0.25) is 9.69 Å². The summed E-state index contributed by atoms with van der Waals surface area (Å²) in [6, 6.07) is 8.63. The number of benzene rings is 1. The molecule has 1 saturated heterocycles. The molecule has 2 aliphatic heterocycles. The van der Waals surface area contributed by atoms with Crippen molar-refractivity contribution in [2.45, 2.75) is 32.5 Å². The number of ether oxygens (including phenoxy) is 4. The minimum Gasteiger partial charge on any atom is -0.479 e. The highest BCUT2D eigenvalue weighted by Crippen LogP contribution is 2.37. The van der Waals surface area contributed by atoms with Crippen LogP contribution in [0.5, 0.6) is 23.5 Å². The first-order valence-electron chi connectivity index (χ1n) is 14.3. The highest BCUT2D eigenvalue weighted by Gasteiger charge is 2.32. The number of aryl methyl sites for hydroxylation is 1. The highest BCUT2D eigenvalue weighted by atomic mass is 28.3. The topological polar surface area (TPSA) is 132 Å². The summed E-state index contributed by atoms with van der Waals surface area (Å²) in [4.78, 5) is 24.4. The number of amides is 1. The van der Waals surface area contributed by atoms with Crippen molar-refractivity contribution in [2.75, 3.05) is 76.1 Å². The van der Waals surface area contributed by atoms with Crippen LogP contribution >= 0.6 is 0 Å². The second-order valence-electron chi connectivity index (χ2n) is 11.0. The summed E-state index contributed by atoms with van der Waals surface area (Å²) in [6.07, 6.45) is 0.913. The number of morpholine rings is 1. The van der Waals surface area contributed by atoms with Gasteiger partial charge in [0.05, 0.1) is 41.2 Å². The van der Waals surface area contributed by atoms with E-state index in [-0.39, 0.29) is 29.2 Å². The SMILES string of the molecule is COc1nc(NCCCN2CCOCC2)nc(OC)c1NC(=O)c1ccc(Oc2c(C)ccc3c2NCC[Si]3(C)C)o1. The number of furan rings is 1. The Morgan fingerprint density at radius 1 is 1.10 bits per heavy atom. The number of hydrogen-bond acceptors (Lipinski definition) is 11. The van der Waals surface area contributed by atoms with Crippen LogP contribution in [0.15, 0.2) is 28.7 Å². The lowest BCUT2D eigenvalue weighted by atomic mass is 10.2. The Kier molecular flexibility index (Phi) is 9.19. The number of methoxy groups -OCH3 is 2. The Balaban J connectivity index is 1.25. The fourth-order valence-electron chi connectivity index (χ4n) is 5.19. The maximum atomic E-state index is 13.2. The average Bonchev–Trinajstić information content (AvgIpc) is 3.46. The number of rotatable bonds is 11. The molecule has 0 aliphatic carbocycles. The van der Waals surface area contributed by atoms with Gasteiger partial charge in [-0.05, 0) is 42.7 Å². The van der Waals surface area contributed by atoms with E-state index in [1.165, 1.54) is 19.4 Å². The molecule has 13 heteroatoms. The van der Waals surface area contributed by atoms with Crippen LogP contribution in [0.25, 0.3) is 0 Å². The van der Waals surface area contributed by atoms with Crippen LogP contribution in [0.4, 0.5) is 17.3 Å². The summed E-state index contributed by atoms with van der Waals surface area (Å²) in [6.45, 7) is 12.7. The van der Waals surface area contributed by atoms with Gasteiger partial charge in [-0.1, -0.05) is 25.2 Å². The molecule has 2 aromatic heterocycles. The molecule has 3 N–H and O–H groups in total. The third-order valence-electron chi connectivity index (χ3n) is 7.65. The minimum absolute atomic E-state index is 0.0598. The number of aromatic nitrogens is 2. The molecule has 0 atom stereocenters. The quantitative estimate of drug-likeness (QED) is 0.220. The molecule has 0 saturated carbocycles. The average molecular weight is 597 g/mol. The number of nitrogens with one attached hydrogen (secondary N) is 3. The molecule has 1 fully saturated rings. The second-order valence-corrected chi connectivity index (χ2v) is 15.9. The third-order valence-corrected chi connectivity index (χ3v) is 11.0. The van der Waals surface area contributed by atoms with Gasteiger partial charge in [-0.25, -0.2) is 0 Å². The Morgan fingerprint density at radius 3 is 2.55 bits per heavy atom. The molecule has 0 unspecified atom stereocenters. The van der Waals surface area contributed by atoms with Gasteiger partial charge in [0.25, 0.3) is 11.9 Å². The first-order valence-corrected chi connectivity index (χ1v) is 17.5. The van der Waals surface area contributed by atoms with Crippen molar-refractivity contribution in [3.63, 3.8) is 0 Å². The van der Waals surface area contributed by atoms with Crippen molar-refractivity contribution >= 4 is 36.5 Å². The minimum atomic E-state index is -1.56. The van der Waals surface area contributed by atoms with Crippen LogP contribution in [0.2, 0.25) is 19.1 Å². The number of carbonyl (C=O) groups excluding carboxylic acids is 1. The van der Waals surface area contributed by atoms with E-state index >= 15 is 0 Å². The van der Waals surface area contributed by atoms with E-state index in [4.69, 9.17) is 23.4 Å². The van der Waals surface area contributed by atoms with Crippen LogP contribution in [-0.4, -0.2) is 89.0 Å². The van der Waals surface area contributed by atoms with E-state index in [1.807, 2.05) is 6.92 Å².